The lowest BCUT2D eigenvalue weighted by molar-refractivity contribution is 0.722. The van der Waals surface area contributed by atoms with Crippen LogP contribution in [0.2, 0.25) is 0 Å². The fraction of sp³-hybridized carbons (Fsp3) is 0.182. The van der Waals surface area contributed by atoms with Crippen LogP contribution in [0.15, 0.2) is 41.4 Å². The van der Waals surface area contributed by atoms with E-state index in [1.165, 1.54) is 5.56 Å². The number of aromatic nitrogens is 1. The summed E-state index contributed by atoms with van der Waals surface area (Å²) in [4.78, 5) is 3.97. The van der Waals surface area contributed by atoms with E-state index in [1.807, 2.05) is 12.1 Å². The first-order valence-corrected chi connectivity index (χ1v) is 5.47. The molecule has 2 heterocycles. The Morgan fingerprint density at radius 3 is 2.71 bits per heavy atom. The number of nitrogens with two attached hydrogens (primary N) is 1. The van der Waals surface area contributed by atoms with Crippen LogP contribution in [0.5, 0.6) is 0 Å². The standard InChI is InChI=1S/C11H12N2S/c12-11(7-9-3-6-14-8-9)10-1-4-13-5-2-10/h1-6,8,11H,7,12H2. The van der Waals surface area contributed by atoms with Gasteiger partial charge in [0, 0.05) is 18.4 Å². The zero-order valence-electron chi connectivity index (χ0n) is 7.76. The van der Waals surface area contributed by atoms with Gasteiger partial charge in [0.25, 0.3) is 0 Å². The van der Waals surface area contributed by atoms with Gasteiger partial charge >= 0.3 is 0 Å². The number of rotatable bonds is 3. The Morgan fingerprint density at radius 2 is 2.07 bits per heavy atom. The van der Waals surface area contributed by atoms with E-state index in [0.29, 0.717) is 0 Å². The molecule has 14 heavy (non-hydrogen) atoms. The van der Waals surface area contributed by atoms with Crippen LogP contribution in [0.25, 0.3) is 0 Å². The summed E-state index contributed by atoms with van der Waals surface area (Å²) < 4.78 is 0. The number of hydrogen-bond donors (Lipinski definition) is 1. The Labute approximate surface area is 87.4 Å². The molecule has 0 amide bonds. The summed E-state index contributed by atoms with van der Waals surface area (Å²) in [5.41, 5.74) is 8.51. The highest BCUT2D eigenvalue weighted by Gasteiger charge is 2.06. The van der Waals surface area contributed by atoms with E-state index in [-0.39, 0.29) is 6.04 Å². The molecule has 1 atom stereocenters. The highest BCUT2D eigenvalue weighted by molar-refractivity contribution is 7.07. The predicted octanol–water partition coefficient (Wildman–Crippen LogP) is 2.39. The van der Waals surface area contributed by atoms with Gasteiger partial charge in [-0.15, -0.1) is 0 Å². The van der Waals surface area contributed by atoms with Gasteiger partial charge in [-0.2, -0.15) is 11.3 Å². The zero-order valence-corrected chi connectivity index (χ0v) is 8.58. The summed E-state index contributed by atoms with van der Waals surface area (Å²) in [7, 11) is 0. The van der Waals surface area contributed by atoms with Crippen LogP contribution in [0.3, 0.4) is 0 Å². The van der Waals surface area contributed by atoms with Gasteiger partial charge in [0.05, 0.1) is 0 Å². The molecule has 0 saturated heterocycles. The molecule has 2 N–H and O–H groups in total. The van der Waals surface area contributed by atoms with Crippen LogP contribution in [0, 0.1) is 0 Å². The van der Waals surface area contributed by atoms with Crippen molar-refractivity contribution in [3.8, 4) is 0 Å². The van der Waals surface area contributed by atoms with E-state index in [4.69, 9.17) is 5.73 Å². The van der Waals surface area contributed by atoms with E-state index < -0.39 is 0 Å². The van der Waals surface area contributed by atoms with E-state index >= 15 is 0 Å². The second kappa shape index (κ2) is 4.35. The minimum atomic E-state index is 0.0765. The Morgan fingerprint density at radius 1 is 1.29 bits per heavy atom. The first kappa shape index (κ1) is 9.37. The smallest absolute Gasteiger partial charge is 0.0337 e. The minimum Gasteiger partial charge on any atom is -0.324 e. The summed E-state index contributed by atoms with van der Waals surface area (Å²) in [5.74, 6) is 0. The topological polar surface area (TPSA) is 38.9 Å². The van der Waals surface area contributed by atoms with Gasteiger partial charge < -0.3 is 5.73 Å². The molecule has 0 fully saturated rings. The Hall–Kier alpha value is -1.19. The van der Waals surface area contributed by atoms with Crippen LogP contribution < -0.4 is 5.73 Å². The lowest BCUT2D eigenvalue weighted by Crippen LogP contribution is -2.12. The number of nitrogens with zero attached hydrogens (tertiary/aromatic N) is 1. The van der Waals surface area contributed by atoms with E-state index in [0.717, 1.165) is 12.0 Å². The SMILES string of the molecule is NC(Cc1ccsc1)c1ccncc1. The summed E-state index contributed by atoms with van der Waals surface area (Å²) in [6.45, 7) is 0. The summed E-state index contributed by atoms with van der Waals surface area (Å²) in [5, 5.41) is 4.22. The average Bonchev–Trinajstić information content (AvgIpc) is 2.72. The van der Waals surface area contributed by atoms with Crippen LogP contribution in [-0.2, 0) is 6.42 Å². The van der Waals surface area contributed by atoms with Crippen LogP contribution in [-0.4, -0.2) is 4.98 Å². The maximum atomic E-state index is 6.06. The third-order valence-corrected chi connectivity index (χ3v) is 2.90. The maximum Gasteiger partial charge on any atom is 0.0337 e. The minimum absolute atomic E-state index is 0.0765. The van der Waals surface area contributed by atoms with Crippen molar-refractivity contribution >= 4 is 11.3 Å². The predicted molar refractivity (Wildman–Crippen MR) is 59.2 cm³/mol. The molecule has 0 bridgehead atoms. The molecule has 0 spiro atoms. The second-order valence-corrected chi connectivity index (χ2v) is 4.00. The van der Waals surface area contributed by atoms with Crippen molar-refractivity contribution in [2.45, 2.75) is 12.5 Å². The average molecular weight is 204 g/mol. The molecule has 2 aromatic rings. The molecule has 0 aliphatic heterocycles. The fourth-order valence-corrected chi connectivity index (χ4v) is 2.07. The van der Waals surface area contributed by atoms with Crippen molar-refractivity contribution in [1.82, 2.24) is 4.98 Å². The highest BCUT2D eigenvalue weighted by Crippen LogP contribution is 2.16. The second-order valence-electron chi connectivity index (χ2n) is 3.22. The summed E-state index contributed by atoms with van der Waals surface area (Å²) in [6, 6.07) is 6.13. The third-order valence-electron chi connectivity index (χ3n) is 2.17. The van der Waals surface area contributed by atoms with Gasteiger partial charge in [0.2, 0.25) is 0 Å². The normalized spacial score (nSPS) is 12.6. The molecule has 2 aromatic heterocycles. The monoisotopic (exact) mass is 204 g/mol. The van der Waals surface area contributed by atoms with Crippen LogP contribution >= 0.6 is 11.3 Å². The highest BCUT2D eigenvalue weighted by atomic mass is 32.1. The fourth-order valence-electron chi connectivity index (χ4n) is 1.39. The van der Waals surface area contributed by atoms with E-state index in [2.05, 4.69) is 21.8 Å². The lowest BCUT2D eigenvalue weighted by atomic mass is 10.0. The molecule has 0 saturated carbocycles. The zero-order chi connectivity index (χ0) is 9.80. The Kier molecular flexibility index (Phi) is 2.91. The molecule has 0 radical (unpaired) electrons. The van der Waals surface area contributed by atoms with E-state index in [1.54, 1.807) is 23.7 Å². The van der Waals surface area contributed by atoms with Crippen molar-refractivity contribution in [3.63, 3.8) is 0 Å². The maximum absolute atomic E-state index is 6.06. The Balaban J connectivity index is 2.07. The molecule has 0 aliphatic carbocycles. The van der Waals surface area contributed by atoms with Crippen LogP contribution in [0.4, 0.5) is 0 Å². The van der Waals surface area contributed by atoms with Gasteiger partial charge in [-0.3, -0.25) is 4.98 Å². The first-order chi connectivity index (χ1) is 6.86. The van der Waals surface area contributed by atoms with Gasteiger partial charge in [-0.05, 0) is 46.5 Å². The van der Waals surface area contributed by atoms with E-state index in [9.17, 15) is 0 Å². The molecule has 0 aliphatic rings. The summed E-state index contributed by atoms with van der Waals surface area (Å²) in [6.07, 6.45) is 4.46. The van der Waals surface area contributed by atoms with Gasteiger partial charge in [-0.1, -0.05) is 0 Å². The summed E-state index contributed by atoms with van der Waals surface area (Å²) >= 11 is 1.71. The molecule has 1 unspecified atom stereocenters. The number of hydrogen-bond acceptors (Lipinski definition) is 3. The number of pyridine rings is 1. The quantitative estimate of drug-likeness (QED) is 0.833. The van der Waals surface area contributed by atoms with Crippen LogP contribution in [0.1, 0.15) is 17.2 Å². The lowest BCUT2D eigenvalue weighted by Gasteiger charge is -2.09. The first-order valence-electron chi connectivity index (χ1n) is 4.53. The molecular formula is C11H12N2S. The van der Waals surface area contributed by atoms with Crippen molar-refractivity contribution < 1.29 is 0 Å². The Bertz CT molecular complexity index is 369. The number of thiophene rings is 1. The third kappa shape index (κ3) is 2.19. The molecule has 72 valence electrons. The van der Waals surface area contributed by atoms with Gasteiger partial charge in [-0.25, -0.2) is 0 Å². The van der Waals surface area contributed by atoms with Crippen molar-refractivity contribution in [2.75, 3.05) is 0 Å². The van der Waals surface area contributed by atoms with Crippen molar-refractivity contribution in [2.24, 2.45) is 5.73 Å². The molecular weight excluding hydrogens is 192 g/mol. The molecule has 2 nitrogen and oxygen atoms in total. The molecule has 2 rings (SSSR count). The largest absolute Gasteiger partial charge is 0.324 e. The van der Waals surface area contributed by atoms with Crippen molar-refractivity contribution in [3.05, 3.63) is 52.5 Å². The van der Waals surface area contributed by atoms with Gasteiger partial charge in [0.1, 0.15) is 0 Å². The molecule has 0 aromatic carbocycles. The van der Waals surface area contributed by atoms with Crippen molar-refractivity contribution in [1.29, 1.82) is 0 Å². The van der Waals surface area contributed by atoms with Gasteiger partial charge in [0.15, 0.2) is 0 Å². The molecule has 3 heteroatoms.